The molecule has 0 aliphatic rings. The molecule has 33 heavy (non-hydrogen) atoms. The first-order valence-electron chi connectivity index (χ1n) is 10.7. The molecule has 1 amide bonds. The van der Waals surface area contributed by atoms with Gasteiger partial charge in [0, 0.05) is 4.47 Å². The summed E-state index contributed by atoms with van der Waals surface area (Å²) in [6.07, 6.45) is 2.84. The molecule has 0 heterocycles. The highest BCUT2D eigenvalue weighted by Crippen LogP contribution is 2.37. The van der Waals surface area contributed by atoms with Crippen molar-refractivity contribution in [2.24, 2.45) is 5.10 Å². The van der Waals surface area contributed by atoms with E-state index in [4.69, 9.17) is 9.47 Å². The molecule has 1 N–H and O–H groups in total. The number of hydrogen-bond donors (Lipinski definition) is 1. The zero-order valence-corrected chi connectivity index (χ0v) is 21.8. The van der Waals surface area contributed by atoms with Gasteiger partial charge in [-0.05, 0) is 75.8 Å². The fourth-order valence-corrected chi connectivity index (χ4v) is 3.94. The van der Waals surface area contributed by atoms with Crippen LogP contribution in [0.2, 0.25) is 0 Å². The highest BCUT2D eigenvalue weighted by Gasteiger charge is 2.12. The molecule has 3 aromatic carbocycles. The number of nitrogens with zero attached hydrogens (tertiary/aromatic N) is 1. The van der Waals surface area contributed by atoms with Crippen LogP contribution in [0.4, 0.5) is 0 Å². The maximum absolute atomic E-state index is 12.2. The quantitative estimate of drug-likeness (QED) is 0.224. The van der Waals surface area contributed by atoms with Crippen LogP contribution in [-0.2, 0) is 24.2 Å². The second-order valence-corrected chi connectivity index (χ2v) is 9.09. The number of aryl methyl sites for hydroxylation is 1. The van der Waals surface area contributed by atoms with Crippen molar-refractivity contribution in [3.63, 3.8) is 0 Å². The van der Waals surface area contributed by atoms with E-state index in [0.29, 0.717) is 24.7 Å². The fourth-order valence-electron chi connectivity index (χ4n) is 3.10. The number of carbonyl (C=O) groups excluding carboxylic acids is 1. The lowest BCUT2D eigenvalue weighted by atomic mass is 10.1. The van der Waals surface area contributed by atoms with Crippen molar-refractivity contribution in [2.45, 2.75) is 33.3 Å². The first-order valence-corrected chi connectivity index (χ1v) is 12.3. The third-order valence-electron chi connectivity index (χ3n) is 4.83. The normalized spacial score (nSPS) is 10.9. The van der Waals surface area contributed by atoms with E-state index in [-0.39, 0.29) is 12.3 Å². The maximum atomic E-state index is 12.2. The Morgan fingerprint density at radius 2 is 1.61 bits per heavy atom. The molecule has 172 valence electrons. The first-order chi connectivity index (χ1) is 16.0. The van der Waals surface area contributed by atoms with E-state index < -0.39 is 0 Å². The maximum Gasteiger partial charge on any atom is 0.244 e. The summed E-state index contributed by atoms with van der Waals surface area (Å²) in [5.74, 6) is 1.05. The van der Waals surface area contributed by atoms with E-state index in [9.17, 15) is 4.79 Å². The van der Waals surface area contributed by atoms with Crippen LogP contribution in [0.15, 0.2) is 74.7 Å². The van der Waals surface area contributed by atoms with Gasteiger partial charge in [0.1, 0.15) is 6.61 Å². The topological polar surface area (TPSA) is 59.9 Å². The lowest BCUT2D eigenvalue weighted by Crippen LogP contribution is -2.19. The fraction of sp³-hybridized carbons (Fsp3) is 0.231. The lowest BCUT2D eigenvalue weighted by molar-refractivity contribution is -0.120. The Morgan fingerprint density at radius 3 is 2.27 bits per heavy atom. The van der Waals surface area contributed by atoms with Gasteiger partial charge in [0.25, 0.3) is 0 Å². The molecule has 3 rings (SSSR count). The van der Waals surface area contributed by atoms with E-state index in [1.807, 2.05) is 67.6 Å². The number of hydrogen-bond acceptors (Lipinski definition) is 4. The van der Waals surface area contributed by atoms with Crippen LogP contribution < -0.4 is 14.9 Å². The van der Waals surface area contributed by atoms with Gasteiger partial charge in [-0.1, -0.05) is 59.3 Å². The second kappa shape index (κ2) is 12.6. The molecule has 0 spiro atoms. The minimum atomic E-state index is -0.172. The number of halogens is 2. The first kappa shape index (κ1) is 25.0. The van der Waals surface area contributed by atoms with Gasteiger partial charge in [0.05, 0.1) is 23.7 Å². The Morgan fingerprint density at radius 1 is 0.939 bits per heavy atom. The Bertz CT molecular complexity index is 1100. The molecule has 0 aromatic heterocycles. The van der Waals surface area contributed by atoms with Crippen molar-refractivity contribution < 1.29 is 14.3 Å². The summed E-state index contributed by atoms with van der Waals surface area (Å²) in [6, 6.07) is 19.7. The summed E-state index contributed by atoms with van der Waals surface area (Å²) >= 11 is 7.01. The molecular weight excluding hydrogens is 548 g/mol. The molecular formula is C26H26Br2N2O3. The van der Waals surface area contributed by atoms with Crippen LogP contribution >= 0.6 is 31.9 Å². The van der Waals surface area contributed by atoms with Gasteiger partial charge in [-0.3, -0.25) is 4.79 Å². The molecule has 0 aliphatic heterocycles. The molecule has 0 saturated heterocycles. The van der Waals surface area contributed by atoms with Crippen LogP contribution in [0.1, 0.15) is 36.1 Å². The summed E-state index contributed by atoms with van der Waals surface area (Å²) in [7, 11) is 0. The second-order valence-electron chi connectivity index (χ2n) is 7.32. The Kier molecular flexibility index (Phi) is 9.51. The van der Waals surface area contributed by atoms with E-state index in [1.54, 1.807) is 6.21 Å². The predicted octanol–water partition coefficient (Wildman–Crippen LogP) is 6.44. The van der Waals surface area contributed by atoms with E-state index in [1.165, 1.54) is 5.56 Å². The zero-order chi connectivity index (χ0) is 23.6. The minimum absolute atomic E-state index is 0.172. The summed E-state index contributed by atoms with van der Waals surface area (Å²) in [6.45, 7) is 4.93. The van der Waals surface area contributed by atoms with Gasteiger partial charge in [-0.25, -0.2) is 5.43 Å². The van der Waals surface area contributed by atoms with Gasteiger partial charge < -0.3 is 9.47 Å². The minimum Gasteiger partial charge on any atom is -0.490 e. The highest BCUT2D eigenvalue weighted by atomic mass is 79.9. The third-order valence-corrected chi connectivity index (χ3v) is 5.94. The molecule has 0 bridgehead atoms. The molecule has 7 heteroatoms. The smallest absolute Gasteiger partial charge is 0.244 e. The predicted molar refractivity (Wildman–Crippen MR) is 139 cm³/mol. The Hall–Kier alpha value is -2.64. The average Bonchev–Trinajstić information content (AvgIpc) is 2.80. The molecule has 5 nitrogen and oxygen atoms in total. The van der Waals surface area contributed by atoms with E-state index in [0.717, 1.165) is 32.1 Å². The molecule has 0 unspecified atom stereocenters. The number of hydrazone groups is 1. The molecule has 0 fully saturated rings. The zero-order valence-electron chi connectivity index (χ0n) is 18.6. The van der Waals surface area contributed by atoms with Crippen LogP contribution in [0, 0.1) is 0 Å². The summed E-state index contributed by atoms with van der Waals surface area (Å²) in [4.78, 5) is 12.2. The standard InChI is InChI=1S/C26H26Br2N2O3/c1-3-18-5-7-19(8-6-18)15-25(31)30-29-16-21-13-23(28)26(24(14-21)32-4-2)33-17-20-9-11-22(27)12-10-20/h5-14,16H,3-4,15,17H2,1-2H3,(H,30,31)/b29-16+. The largest absolute Gasteiger partial charge is 0.490 e. The van der Waals surface area contributed by atoms with Crippen molar-refractivity contribution in [3.05, 3.63) is 91.9 Å². The van der Waals surface area contributed by atoms with E-state index in [2.05, 4.69) is 49.3 Å². The molecule has 0 aliphatic carbocycles. The SMILES string of the molecule is CCOc1cc(/C=N/NC(=O)Cc2ccc(CC)cc2)cc(Br)c1OCc1ccc(Br)cc1. The van der Waals surface area contributed by atoms with Crippen molar-refractivity contribution in [2.75, 3.05) is 6.61 Å². The molecule has 0 atom stereocenters. The summed E-state index contributed by atoms with van der Waals surface area (Å²) in [5.41, 5.74) is 6.60. The van der Waals surface area contributed by atoms with Gasteiger partial charge in [-0.15, -0.1) is 0 Å². The van der Waals surface area contributed by atoms with Crippen molar-refractivity contribution in [3.8, 4) is 11.5 Å². The van der Waals surface area contributed by atoms with E-state index >= 15 is 0 Å². The lowest BCUT2D eigenvalue weighted by Gasteiger charge is -2.14. The average molecular weight is 574 g/mol. The Balaban J connectivity index is 1.63. The highest BCUT2D eigenvalue weighted by molar-refractivity contribution is 9.10. The molecule has 3 aromatic rings. The summed E-state index contributed by atoms with van der Waals surface area (Å²) in [5, 5.41) is 4.10. The number of amides is 1. The van der Waals surface area contributed by atoms with Gasteiger partial charge in [0.2, 0.25) is 5.91 Å². The molecule has 0 saturated carbocycles. The third kappa shape index (κ3) is 7.72. The van der Waals surface area contributed by atoms with Gasteiger partial charge >= 0.3 is 0 Å². The van der Waals surface area contributed by atoms with Crippen LogP contribution in [0.25, 0.3) is 0 Å². The number of carbonyl (C=O) groups is 1. The van der Waals surface area contributed by atoms with Crippen LogP contribution in [0.5, 0.6) is 11.5 Å². The van der Waals surface area contributed by atoms with Crippen LogP contribution in [0.3, 0.4) is 0 Å². The number of ether oxygens (including phenoxy) is 2. The summed E-state index contributed by atoms with van der Waals surface area (Å²) < 4.78 is 13.6. The monoisotopic (exact) mass is 572 g/mol. The Labute approximate surface area is 211 Å². The number of rotatable bonds is 10. The molecule has 0 radical (unpaired) electrons. The van der Waals surface area contributed by atoms with Gasteiger partial charge in [-0.2, -0.15) is 5.10 Å². The van der Waals surface area contributed by atoms with Crippen molar-refractivity contribution in [1.29, 1.82) is 0 Å². The number of benzene rings is 3. The number of nitrogens with one attached hydrogen (secondary N) is 1. The van der Waals surface area contributed by atoms with Crippen LogP contribution in [-0.4, -0.2) is 18.7 Å². The van der Waals surface area contributed by atoms with Crippen molar-refractivity contribution in [1.82, 2.24) is 5.43 Å². The van der Waals surface area contributed by atoms with Crippen molar-refractivity contribution >= 4 is 44.0 Å². The van der Waals surface area contributed by atoms with Gasteiger partial charge in [0.15, 0.2) is 11.5 Å².